The molecule has 1 aliphatic carbocycles. The average Bonchev–Trinajstić information content (AvgIpc) is 2.86. The van der Waals surface area contributed by atoms with Gasteiger partial charge in [0.05, 0.1) is 0 Å². The highest BCUT2D eigenvalue weighted by Gasteiger charge is 2.33. The number of ketones is 1. The van der Waals surface area contributed by atoms with Crippen molar-refractivity contribution in [3.63, 3.8) is 0 Å². The van der Waals surface area contributed by atoms with Gasteiger partial charge in [-0.05, 0) is 54.2 Å². The molecule has 1 heteroatoms. The van der Waals surface area contributed by atoms with E-state index in [0.29, 0.717) is 11.8 Å². The van der Waals surface area contributed by atoms with Gasteiger partial charge in [0.25, 0.3) is 0 Å². The zero-order valence-electron chi connectivity index (χ0n) is 21.3. The van der Waals surface area contributed by atoms with Crippen LogP contribution >= 0.6 is 0 Å². The highest BCUT2D eigenvalue weighted by Crippen LogP contribution is 2.43. The summed E-state index contributed by atoms with van der Waals surface area (Å²) in [6.45, 7) is 4.53. The van der Waals surface area contributed by atoms with Gasteiger partial charge in [-0.25, -0.2) is 0 Å². The van der Waals surface area contributed by atoms with Crippen molar-refractivity contribution in [3.05, 3.63) is 70.8 Å². The molecule has 2 aromatic carbocycles. The third-order valence-corrected chi connectivity index (χ3v) is 7.85. The van der Waals surface area contributed by atoms with E-state index in [1.165, 1.54) is 101 Å². The van der Waals surface area contributed by atoms with Crippen molar-refractivity contribution < 1.29 is 4.79 Å². The first kappa shape index (κ1) is 25.7. The van der Waals surface area contributed by atoms with Gasteiger partial charge in [-0.1, -0.05) is 127 Å². The molecular weight excluding hydrogens is 400 g/mol. The lowest BCUT2D eigenvalue weighted by Crippen LogP contribution is -2.29. The summed E-state index contributed by atoms with van der Waals surface area (Å²) in [6, 6.07) is 17.5. The summed E-state index contributed by atoms with van der Waals surface area (Å²) in [5.74, 6) is 0.234. The van der Waals surface area contributed by atoms with Crippen molar-refractivity contribution >= 4 is 5.78 Å². The number of aryl methyl sites for hydroxylation is 1. The number of Topliss-reactive ketones (excluding diaryl/α,β-unsaturated/α-hetero) is 1. The molecule has 0 aliphatic heterocycles. The van der Waals surface area contributed by atoms with Crippen molar-refractivity contribution in [3.8, 4) is 0 Å². The highest BCUT2D eigenvalue weighted by atomic mass is 16.1. The Bertz CT molecular complexity index is 809. The predicted molar refractivity (Wildman–Crippen MR) is 142 cm³/mol. The number of hydrogen-bond acceptors (Lipinski definition) is 1. The maximum atomic E-state index is 12.9. The van der Waals surface area contributed by atoms with E-state index >= 15 is 0 Å². The van der Waals surface area contributed by atoms with E-state index in [2.05, 4.69) is 62.4 Å². The van der Waals surface area contributed by atoms with E-state index in [-0.39, 0.29) is 5.78 Å². The van der Waals surface area contributed by atoms with E-state index in [9.17, 15) is 4.79 Å². The van der Waals surface area contributed by atoms with E-state index in [0.717, 1.165) is 17.5 Å². The van der Waals surface area contributed by atoms with Gasteiger partial charge in [0, 0.05) is 12.0 Å². The minimum Gasteiger partial charge on any atom is -0.294 e. The quantitative estimate of drug-likeness (QED) is 0.209. The maximum Gasteiger partial charge on any atom is 0.167 e. The van der Waals surface area contributed by atoms with Crippen LogP contribution in [0, 0.1) is 0 Å². The molecule has 0 unspecified atom stereocenters. The second-order valence-electron chi connectivity index (χ2n) is 10.5. The molecule has 0 atom stereocenters. The molecule has 1 aliphatic rings. The van der Waals surface area contributed by atoms with Crippen molar-refractivity contribution in [2.75, 3.05) is 0 Å². The normalized spacial score (nSPS) is 15.5. The first-order valence-electron chi connectivity index (χ1n) is 13.9. The summed E-state index contributed by atoms with van der Waals surface area (Å²) >= 11 is 0. The number of benzene rings is 2. The summed E-state index contributed by atoms with van der Waals surface area (Å²) in [5, 5.41) is 0. The fourth-order valence-corrected chi connectivity index (χ4v) is 5.68. The molecule has 2 aromatic rings. The van der Waals surface area contributed by atoms with E-state index in [1.807, 2.05) is 0 Å². The fraction of sp³-hybridized carbons (Fsp3) is 0.594. The van der Waals surface area contributed by atoms with Crippen LogP contribution in [-0.4, -0.2) is 5.78 Å². The zero-order valence-corrected chi connectivity index (χ0v) is 21.3. The molecule has 33 heavy (non-hydrogen) atoms. The zero-order chi connectivity index (χ0) is 23.4. The number of unbranched alkanes of at least 4 members (excludes halogenated alkanes) is 6. The summed E-state index contributed by atoms with van der Waals surface area (Å²) in [5.41, 5.74) is 5.19. The molecule has 3 rings (SSSR count). The molecule has 1 saturated carbocycles. The largest absolute Gasteiger partial charge is 0.294 e. The standard InChI is InChI=1S/C32H46O/c1-3-5-7-8-11-23-32(24-12-9-13-25-32)30-21-19-29(20-22-30)31(33)26-28-17-15-27(16-18-28)14-10-6-4-2/h15-22H,3-14,23-26H2,1-2H3. The molecule has 1 nitrogen and oxygen atoms in total. The van der Waals surface area contributed by atoms with Crippen LogP contribution < -0.4 is 0 Å². The van der Waals surface area contributed by atoms with E-state index < -0.39 is 0 Å². The van der Waals surface area contributed by atoms with E-state index in [4.69, 9.17) is 0 Å². The van der Waals surface area contributed by atoms with Gasteiger partial charge < -0.3 is 0 Å². The van der Waals surface area contributed by atoms with Gasteiger partial charge in [0.1, 0.15) is 0 Å². The van der Waals surface area contributed by atoms with Crippen molar-refractivity contribution in [2.24, 2.45) is 0 Å². The van der Waals surface area contributed by atoms with Crippen LogP contribution in [0.4, 0.5) is 0 Å². The van der Waals surface area contributed by atoms with Crippen LogP contribution in [0.5, 0.6) is 0 Å². The van der Waals surface area contributed by atoms with Crippen molar-refractivity contribution in [1.29, 1.82) is 0 Å². The number of carbonyl (C=O) groups is 1. The van der Waals surface area contributed by atoms with Gasteiger partial charge >= 0.3 is 0 Å². The van der Waals surface area contributed by atoms with Gasteiger partial charge in [-0.3, -0.25) is 4.79 Å². The molecule has 0 N–H and O–H groups in total. The fourth-order valence-electron chi connectivity index (χ4n) is 5.68. The molecular formula is C32H46O. The average molecular weight is 447 g/mol. The van der Waals surface area contributed by atoms with Crippen LogP contribution in [-0.2, 0) is 18.3 Å². The summed E-state index contributed by atoms with van der Waals surface area (Å²) in [6.07, 6.45) is 20.2. The topological polar surface area (TPSA) is 17.1 Å². The molecule has 1 fully saturated rings. The Morgan fingerprint density at radius 2 is 1.30 bits per heavy atom. The Hall–Kier alpha value is -1.89. The SMILES string of the molecule is CCCCCCCC1(c2ccc(C(=O)Cc3ccc(CCCCC)cc3)cc2)CCCCC1. The third kappa shape index (κ3) is 7.83. The Labute approximate surface area is 203 Å². The molecule has 0 aromatic heterocycles. The third-order valence-electron chi connectivity index (χ3n) is 7.85. The summed E-state index contributed by atoms with van der Waals surface area (Å²) in [4.78, 5) is 12.9. The first-order chi connectivity index (χ1) is 16.2. The smallest absolute Gasteiger partial charge is 0.167 e. The van der Waals surface area contributed by atoms with Crippen LogP contribution in [0.3, 0.4) is 0 Å². The molecule has 0 radical (unpaired) electrons. The lowest BCUT2D eigenvalue weighted by molar-refractivity contribution is 0.0993. The maximum absolute atomic E-state index is 12.9. The number of hydrogen-bond donors (Lipinski definition) is 0. The highest BCUT2D eigenvalue weighted by molar-refractivity contribution is 5.97. The van der Waals surface area contributed by atoms with Gasteiger partial charge in [-0.2, -0.15) is 0 Å². The Kier molecular flexibility index (Phi) is 10.7. The monoisotopic (exact) mass is 446 g/mol. The molecule has 0 amide bonds. The predicted octanol–water partition coefficient (Wildman–Crippen LogP) is 9.41. The van der Waals surface area contributed by atoms with Crippen LogP contribution in [0.1, 0.15) is 131 Å². The first-order valence-corrected chi connectivity index (χ1v) is 13.9. The summed E-state index contributed by atoms with van der Waals surface area (Å²) in [7, 11) is 0. The summed E-state index contributed by atoms with van der Waals surface area (Å²) < 4.78 is 0. The molecule has 180 valence electrons. The molecule has 0 heterocycles. The van der Waals surface area contributed by atoms with Crippen LogP contribution in [0.2, 0.25) is 0 Å². The van der Waals surface area contributed by atoms with Gasteiger partial charge in [0.15, 0.2) is 5.78 Å². The minimum atomic E-state index is 0.234. The van der Waals surface area contributed by atoms with Crippen LogP contribution in [0.15, 0.2) is 48.5 Å². The lowest BCUT2D eigenvalue weighted by atomic mass is 9.66. The Balaban J connectivity index is 1.59. The second kappa shape index (κ2) is 13.7. The van der Waals surface area contributed by atoms with Gasteiger partial charge in [0.2, 0.25) is 0 Å². The van der Waals surface area contributed by atoms with Crippen molar-refractivity contribution in [2.45, 2.75) is 122 Å². The lowest BCUT2D eigenvalue weighted by Gasteiger charge is -2.38. The van der Waals surface area contributed by atoms with Crippen molar-refractivity contribution in [1.82, 2.24) is 0 Å². The minimum absolute atomic E-state index is 0.234. The Morgan fingerprint density at radius 1 is 0.697 bits per heavy atom. The Morgan fingerprint density at radius 3 is 1.97 bits per heavy atom. The van der Waals surface area contributed by atoms with E-state index in [1.54, 1.807) is 0 Å². The number of carbonyl (C=O) groups excluding carboxylic acids is 1. The molecule has 0 spiro atoms. The molecule has 0 bridgehead atoms. The second-order valence-corrected chi connectivity index (χ2v) is 10.5. The van der Waals surface area contributed by atoms with Crippen LogP contribution in [0.25, 0.3) is 0 Å². The number of rotatable bonds is 14. The molecule has 0 saturated heterocycles. The van der Waals surface area contributed by atoms with Gasteiger partial charge in [-0.15, -0.1) is 0 Å².